The monoisotopic (exact) mass is 411 g/mol. The second-order valence-corrected chi connectivity index (χ2v) is 8.09. The minimum Gasteiger partial charge on any atom is -0.370 e. The summed E-state index contributed by atoms with van der Waals surface area (Å²) in [5, 5.41) is 7.30. The Morgan fingerprint density at radius 2 is 1.74 bits per heavy atom. The fraction of sp³-hybridized carbons (Fsp3) is 0.240. The third kappa shape index (κ3) is 3.89. The Balaban J connectivity index is 1.48. The molecule has 2 aliphatic heterocycles. The van der Waals surface area contributed by atoms with Gasteiger partial charge in [0.2, 0.25) is 0 Å². The van der Waals surface area contributed by atoms with E-state index >= 15 is 0 Å². The maximum absolute atomic E-state index is 13.2. The van der Waals surface area contributed by atoms with Gasteiger partial charge in [-0.3, -0.25) is 14.8 Å². The van der Waals surface area contributed by atoms with E-state index in [0.29, 0.717) is 18.7 Å². The summed E-state index contributed by atoms with van der Waals surface area (Å²) in [7, 11) is 0. The fourth-order valence-electron chi connectivity index (χ4n) is 4.41. The van der Waals surface area contributed by atoms with Gasteiger partial charge in [0, 0.05) is 24.5 Å². The lowest BCUT2D eigenvalue weighted by Gasteiger charge is -2.47. The minimum absolute atomic E-state index is 0.0320. The number of piperidine rings is 1. The molecule has 5 rings (SSSR count). The van der Waals surface area contributed by atoms with Crippen LogP contribution in [0, 0.1) is 0 Å². The predicted octanol–water partition coefficient (Wildman–Crippen LogP) is 4.19. The first-order valence-corrected chi connectivity index (χ1v) is 10.7. The number of hydrogen-bond donors (Lipinski definition) is 2. The van der Waals surface area contributed by atoms with Crippen LogP contribution in [0.25, 0.3) is 0 Å². The number of rotatable bonds is 3. The van der Waals surface area contributed by atoms with E-state index in [4.69, 9.17) is 4.99 Å². The number of nitrogens with zero attached hydrogens (tertiary/aromatic N) is 3. The first kappa shape index (κ1) is 19.3. The van der Waals surface area contributed by atoms with E-state index in [2.05, 4.69) is 39.9 Å². The minimum atomic E-state index is -0.440. The molecule has 0 saturated carbocycles. The van der Waals surface area contributed by atoms with E-state index in [9.17, 15) is 4.79 Å². The molecular formula is C25H25N5O. The van der Waals surface area contributed by atoms with Crippen molar-refractivity contribution in [3.8, 4) is 0 Å². The smallest absolute Gasteiger partial charge is 0.254 e. The molecule has 2 aromatic carbocycles. The maximum Gasteiger partial charge on any atom is 0.254 e. The summed E-state index contributed by atoms with van der Waals surface area (Å²) in [6.07, 6.45) is 5.13. The molecule has 0 aliphatic carbocycles. The number of amides is 1. The molecule has 1 amide bonds. The number of para-hydroxylation sites is 2. The molecule has 1 aromatic heterocycles. The largest absolute Gasteiger partial charge is 0.370 e. The molecule has 1 atom stereocenters. The molecule has 2 N–H and O–H groups in total. The molecule has 156 valence electrons. The van der Waals surface area contributed by atoms with Gasteiger partial charge >= 0.3 is 0 Å². The highest BCUT2D eigenvalue weighted by Gasteiger charge is 2.44. The Bertz CT molecular complexity index is 1100. The number of fused-ring (bicyclic) bond motifs is 1. The van der Waals surface area contributed by atoms with Crippen LogP contribution in [0.15, 0.2) is 84.1 Å². The van der Waals surface area contributed by atoms with Crippen molar-refractivity contribution in [2.45, 2.75) is 24.9 Å². The number of carbonyl (C=O) groups excluding carboxylic acids is 1. The lowest BCUT2D eigenvalue weighted by molar-refractivity contribution is 0.0694. The number of pyridine rings is 1. The molecule has 1 fully saturated rings. The molecule has 1 spiro atoms. The molecule has 3 heterocycles. The predicted molar refractivity (Wildman–Crippen MR) is 123 cm³/mol. The van der Waals surface area contributed by atoms with Gasteiger partial charge in [-0.15, -0.1) is 0 Å². The highest BCUT2D eigenvalue weighted by atomic mass is 16.2. The molecule has 1 saturated heterocycles. The van der Waals surface area contributed by atoms with Crippen molar-refractivity contribution in [2.75, 3.05) is 23.7 Å². The SMILES string of the molecule is O=C(c1ccncc1)N1CCC[C@]2(C1)Nc1ccccc1NC2=NCc1ccccc1. The molecule has 6 heteroatoms. The maximum atomic E-state index is 13.2. The summed E-state index contributed by atoms with van der Waals surface area (Å²) in [6, 6.07) is 22.0. The van der Waals surface area contributed by atoms with Crippen molar-refractivity contribution >= 4 is 23.1 Å². The molecule has 31 heavy (non-hydrogen) atoms. The van der Waals surface area contributed by atoms with Crippen molar-refractivity contribution in [1.82, 2.24) is 9.88 Å². The number of carbonyl (C=O) groups is 1. The third-order valence-electron chi connectivity index (χ3n) is 5.98. The summed E-state index contributed by atoms with van der Waals surface area (Å²) < 4.78 is 0. The number of benzene rings is 2. The number of aliphatic imine (C=N–C) groups is 1. The summed E-state index contributed by atoms with van der Waals surface area (Å²) in [4.78, 5) is 24.1. The van der Waals surface area contributed by atoms with Crippen LogP contribution in [0.2, 0.25) is 0 Å². The van der Waals surface area contributed by atoms with Crippen LogP contribution >= 0.6 is 0 Å². The van der Waals surface area contributed by atoms with Gasteiger partial charge in [0.05, 0.1) is 24.5 Å². The van der Waals surface area contributed by atoms with Crippen LogP contribution in [-0.2, 0) is 6.54 Å². The van der Waals surface area contributed by atoms with Crippen LogP contribution in [0.4, 0.5) is 11.4 Å². The zero-order chi connectivity index (χ0) is 21.1. The molecule has 0 unspecified atom stereocenters. The summed E-state index contributed by atoms with van der Waals surface area (Å²) in [5.41, 5.74) is 3.44. The summed E-state index contributed by atoms with van der Waals surface area (Å²) in [6.45, 7) is 1.88. The van der Waals surface area contributed by atoms with Gasteiger partial charge in [-0.2, -0.15) is 0 Å². The normalized spacial score (nSPS) is 21.3. The lowest BCUT2D eigenvalue weighted by Crippen LogP contribution is -2.62. The summed E-state index contributed by atoms with van der Waals surface area (Å²) in [5.74, 6) is 0.923. The number of likely N-dealkylation sites (tertiary alicyclic amines) is 1. The first-order chi connectivity index (χ1) is 15.2. The van der Waals surface area contributed by atoms with E-state index in [-0.39, 0.29) is 5.91 Å². The summed E-state index contributed by atoms with van der Waals surface area (Å²) >= 11 is 0. The zero-order valence-electron chi connectivity index (χ0n) is 17.3. The van der Waals surface area contributed by atoms with Crippen molar-refractivity contribution in [2.24, 2.45) is 4.99 Å². The van der Waals surface area contributed by atoms with Gasteiger partial charge in [0.1, 0.15) is 11.4 Å². The van der Waals surface area contributed by atoms with E-state index in [0.717, 1.165) is 42.2 Å². The average molecular weight is 412 g/mol. The number of hydrogen-bond acceptors (Lipinski definition) is 4. The van der Waals surface area contributed by atoms with Crippen LogP contribution in [0.5, 0.6) is 0 Å². The van der Waals surface area contributed by atoms with Gasteiger partial charge in [0.15, 0.2) is 0 Å². The molecule has 2 aliphatic rings. The second kappa shape index (κ2) is 8.22. The van der Waals surface area contributed by atoms with Gasteiger partial charge in [0.25, 0.3) is 5.91 Å². The van der Waals surface area contributed by atoms with Crippen molar-refractivity contribution in [1.29, 1.82) is 0 Å². The molecular weight excluding hydrogens is 386 g/mol. The standard InChI is InChI=1S/C25H25N5O/c31-23(20-11-14-26-15-12-20)30-16-6-13-25(18-30)24(27-17-19-7-2-1-3-8-19)28-21-9-4-5-10-22(21)29-25/h1-5,7-12,14-15,29H,6,13,16-18H2,(H,27,28)/t25-/m1/s1. The van der Waals surface area contributed by atoms with E-state index in [1.165, 1.54) is 0 Å². The number of anilines is 2. The molecule has 0 bridgehead atoms. The fourth-order valence-corrected chi connectivity index (χ4v) is 4.41. The number of amidine groups is 1. The Labute approximate surface area is 182 Å². The average Bonchev–Trinajstić information content (AvgIpc) is 2.83. The van der Waals surface area contributed by atoms with Crippen LogP contribution < -0.4 is 10.6 Å². The molecule has 6 nitrogen and oxygen atoms in total. The van der Waals surface area contributed by atoms with Crippen molar-refractivity contribution in [3.05, 3.63) is 90.3 Å². The number of aromatic nitrogens is 1. The van der Waals surface area contributed by atoms with Gasteiger partial charge in [-0.05, 0) is 42.7 Å². The Kier molecular flexibility index (Phi) is 5.12. The zero-order valence-corrected chi connectivity index (χ0v) is 17.3. The topological polar surface area (TPSA) is 69.6 Å². The lowest BCUT2D eigenvalue weighted by atomic mass is 9.84. The molecule has 0 radical (unpaired) electrons. The van der Waals surface area contributed by atoms with Crippen molar-refractivity contribution in [3.63, 3.8) is 0 Å². The van der Waals surface area contributed by atoms with Gasteiger partial charge in [-0.1, -0.05) is 42.5 Å². The quantitative estimate of drug-likeness (QED) is 0.678. The van der Waals surface area contributed by atoms with E-state index in [1.54, 1.807) is 24.5 Å². The van der Waals surface area contributed by atoms with Crippen LogP contribution in [0.3, 0.4) is 0 Å². The highest BCUT2D eigenvalue weighted by Crippen LogP contribution is 2.36. The first-order valence-electron chi connectivity index (χ1n) is 10.7. The van der Waals surface area contributed by atoms with Crippen LogP contribution in [-0.4, -0.2) is 40.3 Å². The second-order valence-electron chi connectivity index (χ2n) is 8.09. The van der Waals surface area contributed by atoms with E-state index in [1.807, 2.05) is 35.2 Å². The van der Waals surface area contributed by atoms with Crippen LogP contribution in [0.1, 0.15) is 28.8 Å². The van der Waals surface area contributed by atoms with E-state index < -0.39 is 5.54 Å². The third-order valence-corrected chi connectivity index (χ3v) is 5.98. The van der Waals surface area contributed by atoms with Gasteiger partial charge < -0.3 is 15.5 Å². The van der Waals surface area contributed by atoms with Crippen molar-refractivity contribution < 1.29 is 4.79 Å². The van der Waals surface area contributed by atoms with Gasteiger partial charge in [-0.25, -0.2) is 0 Å². The Hall–Kier alpha value is -3.67. The number of nitrogens with one attached hydrogen (secondary N) is 2. The highest BCUT2D eigenvalue weighted by molar-refractivity contribution is 6.10. The Morgan fingerprint density at radius 1 is 1.00 bits per heavy atom. The molecule has 3 aromatic rings. The Morgan fingerprint density at radius 3 is 2.55 bits per heavy atom.